The van der Waals surface area contributed by atoms with Crippen LogP contribution in [0.1, 0.15) is 33.3 Å². The Bertz CT molecular complexity index is 678. The number of benzene rings is 1. The lowest BCUT2D eigenvalue weighted by atomic mass is 9.86. The van der Waals surface area contributed by atoms with Crippen LogP contribution < -0.4 is 4.74 Å². The van der Waals surface area contributed by atoms with Gasteiger partial charge in [-0.25, -0.2) is 14.6 Å². The lowest BCUT2D eigenvalue weighted by Gasteiger charge is -2.31. The number of carbonyl (C=O) groups is 2. The summed E-state index contributed by atoms with van der Waals surface area (Å²) in [6.07, 6.45) is 1.09. The number of nitrogens with zero attached hydrogens (tertiary/aromatic N) is 1. The summed E-state index contributed by atoms with van der Waals surface area (Å²) in [5.41, 5.74) is -2.07. The van der Waals surface area contributed by atoms with Gasteiger partial charge in [0.15, 0.2) is 6.40 Å². The van der Waals surface area contributed by atoms with Crippen molar-refractivity contribution in [1.29, 1.82) is 0 Å². The van der Waals surface area contributed by atoms with Crippen molar-refractivity contribution in [3.05, 3.63) is 29.8 Å². The summed E-state index contributed by atoms with van der Waals surface area (Å²) in [6, 6.07) is 5.48. The van der Waals surface area contributed by atoms with E-state index in [0.717, 1.165) is 6.40 Å². The molecule has 2 atom stereocenters. The van der Waals surface area contributed by atoms with Crippen LogP contribution in [-0.4, -0.2) is 43.7 Å². The third-order valence-electron chi connectivity index (χ3n) is 3.54. The Kier molecular flexibility index (Phi) is 5.35. The van der Waals surface area contributed by atoms with Crippen LogP contribution in [0.25, 0.3) is 0 Å². The van der Waals surface area contributed by atoms with Gasteiger partial charge in [-0.3, -0.25) is 0 Å². The summed E-state index contributed by atoms with van der Waals surface area (Å²) in [5, 5.41) is 0. The molecular weight excluding hydrogens is 326 g/mol. The highest BCUT2D eigenvalue weighted by Crippen LogP contribution is 2.38. The van der Waals surface area contributed by atoms with Crippen molar-refractivity contribution in [3.63, 3.8) is 0 Å². The van der Waals surface area contributed by atoms with Gasteiger partial charge in [0.05, 0.1) is 13.7 Å². The van der Waals surface area contributed by atoms with Gasteiger partial charge < -0.3 is 18.9 Å². The van der Waals surface area contributed by atoms with Crippen molar-refractivity contribution in [3.8, 4) is 5.75 Å². The molecule has 1 aliphatic rings. The maximum atomic E-state index is 12.8. The van der Waals surface area contributed by atoms with E-state index in [9.17, 15) is 9.59 Å². The van der Waals surface area contributed by atoms with E-state index in [-0.39, 0.29) is 6.61 Å². The van der Waals surface area contributed by atoms with Crippen LogP contribution in [0.5, 0.6) is 5.75 Å². The fourth-order valence-corrected chi connectivity index (χ4v) is 2.52. The molecule has 0 saturated carbocycles. The summed E-state index contributed by atoms with van der Waals surface area (Å²) in [6.45, 7) is 7.02. The van der Waals surface area contributed by atoms with Gasteiger partial charge in [-0.15, -0.1) is 0 Å². The molecule has 0 saturated heterocycles. The molecule has 1 aromatic carbocycles. The number of aliphatic imine (C=N–C) groups is 1. The normalized spacial score (nSPS) is 22.2. The molecule has 136 valence electrons. The number of esters is 2. The molecule has 0 unspecified atom stereocenters. The van der Waals surface area contributed by atoms with Gasteiger partial charge in [-0.1, -0.05) is 12.1 Å². The van der Waals surface area contributed by atoms with Crippen molar-refractivity contribution in [2.45, 2.75) is 44.9 Å². The smallest absolute Gasteiger partial charge is 0.358 e. The number of methoxy groups -OCH3 is 1. The molecule has 25 heavy (non-hydrogen) atoms. The standard InChI is InChI=1S/C18H23NO6/c1-6-23-16(21)18(12-8-7-9-13(10-12)22-5)14(19-11-24-18)15(20)25-17(2,3)4/h7-11,14H,6H2,1-5H3/t14-,18-/m0/s1. The van der Waals surface area contributed by atoms with Crippen LogP contribution in [0, 0.1) is 0 Å². The van der Waals surface area contributed by atoms with E-state index in [0.29, 0.717) is 11.3 Å². The van der Waals surface area contributed by atoms with E-state index >= 15 is 0 Å². The fraction of sp³-hybridized carbons (Fsp3) is 0.500. The monoisotopic (exact) mass is 349 g/mol. The molecule has 1 heterocycles. The molecule has 0 spiro atoms. The van der Waals surface area contributed by atoms with E-state index in [1.807, 2.05) is 0 Å². The Balaban J connectivity index is 2.51. The van der Waals surface area contributed by atoms with E-state index in [4.69, 9.17) is 18.9 Å². The van der Waals surface area contributed by atoms with E-state index in [2.05, 4.69) is 4.99 Å². The maximum Gasteiger partial charge on any atom is 0.358 e. The third kappa shape index (κ3) is 3.75. The second-order valence-corrected chi connectivity index (χ2v) is 6.50. The van der Waals surface area contributed by atoms with E-state index in [1.54, 1.807) is 52.0 Å². The van der Waals surface area contributed by atoms with E-state index in [1.165, 1.54) is 7.11 Å². The van der Waals surface area contributed by atoms with Gasteiger partial charge in [0.25, 0.3) is 5.60 Å². The number of ether oxygens (including phenoxy) is 4. The first-order valence-corrected chi connectivity index (χ1v) is 7.98. The molecule has 2 rings (SSSR count). The molecule has 7 nitrogen and oxygen atoms in total. The molecule has 0 radical (unpaired) electrons. The minimum Gasteiger partial charge on any atom is -0.497 e. The predicted molar refractivity (Wildman–Crippen MR) is 90.5 cm³/mol. The number of hydrogen-bond acceptors (Lipinski definition) is 7. The molecule has 7 heteroatoms. The second kappa shape index (κ2) is 7.13. The molecule has 0 N–H and O–H groups in total. The van der Waals surface area contributed by atoms with Gasteiger partial charge >= 0.3 is 11.9 Å². The molecule has 1 aromatic rings. The van der Waals surface area contributed by atoms with Crippen LogP contribution in [0.3, 0.4) is 0 Å². The Labute approximate surface area is 146 Å². The summed E-state index contributed by atoms with van der Waals surface area (Å²) < 4.78 is 21.4. The summed E-state index contributed by atoms with van der Waals surface area (Å²) in [5.74, 6) is -0.867. The predicted octanol–water partition coefficient (Wildman–Crippen LogP) is 2.22. The van der Waals surface area contributed by atoms with Crippen LogP contribution in [0.15, 0.2) is 29.3 Å². The molecule has 0 amide bonds. The van der Waals surface area contributed by atoms with Crippen LogP contribution >= 0.6 is 0 Å². The third-order valence-corrected chi connectivity index (χ3v) is 3.54. The number of carbonyl (C=O) groups excluding carboxylic acids is 2. The molecule has 0 bridgehead atoms. The SMILES string of the molecule is CCOC(=O)[C@@]1(c2cccc(OC)c2)OC=N[C@H]1C(=O)OC(C)(C)C. The average molecular weight is 349 g/mol. The lowest BCUT2D eigenvalue weighted by Crippen LogP contribution is -2.51. The first kappa shape index (κ1) is 18.8. The zero-order valence-corrected chi connectivity index (χ0v) is 15.1. The van der Waals surface area contributed by atoms with Crippen molar-refractivity contribution in [2.75, 3.05) is 13.7 Å². The molecule has 0 aromatic heterocycles. The van der Waals surface area contributed by atoms with Crippen molar-refractivity contribution < 1.29 is 28.5 Å². The van der Waals surface area contributed by atoms with Gasteiger partial charge in [0, 0.05) is 5.56 Å². The first-order valence-electron chi connectivity index (χ1n) is 7.98. The van der Waals surface area contributed by atoms with Crippen molar-refractivity contribution >= 4 is 18.3 Å². The Morgan fingerprint density at radius 2 is 2.04 bits per heavy atom. The topological polar surface area (TPSA) is 83.4 Å². The summed E-state index contributed by atoms with van der Waals surface area (Å²) >= 11 is 0. The van der Waals surface area contributed by atoms with Gasteiger partial charge in [-0.2, -0.15) is 0 Å². The second-order valence-electron chi connectivity index (χ2n) is 6.50. The first-order chi connectivity index (χ1) is 11.7. The maximum absolute atomic E-state index is 12.8. The van der Waals surface area contributed by atoms with Crippen LogP contribution in [0.2, 0.25) is 0 Å². The lowest BCUT2D eigenvalue weighted by molar-refractivity contribution is -0.175. The van der Waals surface area contributed by atoms with E-state index < -0.39 is 29.2 Å². The van der Waals surface area contributed by atoms with Crippen molar-refractivity contribution in [2.24, 2.45) is 4.99 Å². The number of rotatable bonds is 5. The fourth-order valence-electron chi connectivity index (χ4n) is 2.52. The zero-order chi connectivity index (χ0) is 18.7. The largest absolute Gasteiger partial charge is 0.497 e. The van der Waals surface area contributed by atoms with Gasteiger partial charge in [0.1, 0.15) is 11.4 Å². The molecular formula is C18H23NO6. The minimum atomic E-state index is -1.74. The summed E-state index contributed by atoms with van der Waals surface area (Å²) in [7, 11) is 1.51. The molecule has 1 aliphatic heterocycles. The molecule has 0 aliphatic carbocycles. The highest BCUT2D eigenvalue weighted by molar-refractivity contribution is 5.94. The van der Waals surface area contributed by atoms with Crippen molar-refractivity contribution in [1.82, 2.24) is 0 Å². The Morgan fingerprint density at radius 3 is 2.64 bits per heavy atom. The van der Waals surface area contributed by atoms with Gasteiger partial charge in [0.2, 0.25) is 6.04 Å². The van der Waals surface area contributed by atoms with Crippen LogP contribution in [-0.2, 0) is 29.4 Å². The van der Waals surface area contributed by atoms with Crippen LogP contribution in [0.4, 0.5) is 0 Å². The number of hydrogen-bond donors (Lipinski definition) is 0. The highest BCUT2D eigenvalue weighted by Gasteiger charge is 2.58. The summed E-state index contributed by atoms with van der Waals surface area (Å²) in [4.78, 5) is 29.5. The van der Waals surface area contributed by atoms with Gasteiger partial charge in [-0.05, 0) is 39.8 Å². The Hall–Kier alpha value is -2.57. The minimum absolute atomic E-state index is 0.134. The zero-order valence-electron chi connectivity index (χ0n) is 15.1. The quantitative estimate of drug-likeness (QED) is 0.758. The highest BCUT2D eigenvalue weighted by atomic mass is 16.6. The molecule has 0 fully saturated rings. The Morgan fingerprint density at radius 1 is 1.32 bits per heavy atom. The average Bonchev–Trinajstić information content (AvgIpc) is 3.00.